The van der Waals surface area contributed by atoms with Crippen LogP contribution >= 0.6 is 0 Å². The molecule has 0 N–H and O–H groups in total. The van der Waals surface area contributed by atoms with Crippen LogP contribution in [0.5, 0.6) is 0 Å². The third-order valence-electron chi connectivity index (χ3n) is 11.0. The predicted molar refractivity (Wildman–Crippen MR) is 242 cm³/mol. The predicted octanol–water partition coefficient (Wildman–Crippen LogP) is 12.3. The molecule has 1 aromatic rings. The first-order valence-electron chi connectivity index (χ1n) is 24.0. The molecular formula is C50H85NaO7S. The van der Waals surface area contributed by atoms with E-state index >= 15 is 0 Å². The Balaban J connectivity index is 0.0000336. The minimum Gasteiger partial charge on any atom is -0.744 e. The molecule has 0 heterocycles. The number of hydrogen-bond donors (Lipinski definition) is 0. The van der Waals surface area contributed by atoms with Gasteiger partial charge in [0.15, 0.2) is 0 Å². The molecule has 0 aliphatic rings. The molecule has 0 spiro atoms. The first kappa shape index (κ1) is 57.5. The van der Waals surface area contributed by atoms with Crippen molar-refractivity contribution in [2.45, 2.75) is 237 Å². The molecule has 1 aromatic carbocycles. The van der Waals surface area contributed by atoms with Gasteiger partial charge in [-0.1, -0.05) is 192 Å². The summed E-state index contributed by atoms with van der Waals surface area (Å²) in [4.78, 5) is 25.3. The Bertz CT molecular complexity index is 1310. The van der Waals surface area contributed by atoms with Gasteiger partial charge in [0.05, 0.1) is 29.2 Å². The van der Waals surface area contributed by atoms with E-state index in [1.54, 1.807) is 0 Å². The van der Waals surface area contributed by atoms with Crippen LogP contribution in [0, 0.1) is 0 Å². The van der Waals surface area contributed by atoms with Crippen LogP contribution in [0.1, 0.15) is 253 Å². The van der Waals surface area contributed by atoms with Gasteiger partial charge in [0.1, 0.15) is 10.1 Å². The van der Waals surface area contributed by atoms with Gasteiger partial charge in [-0.25, -0.2) is 18.0 Å². The Morgan fingerprint density at radius 2 is 0.746 bits per heavy atom. The number of rotatable bonds is 41. The Labute approximate surface area is 385 Å². The van der Waals surface area contributed by atoms with Crippen LogP contribution in [0.2, 0.25) is 0 Å². The summed E-state index contributed by atoms with van der Waals surface area (Å²) in [6.07, 6.45) is 50.7. The van der Waals surface area contributed by atoms with E-state index in [0.29, 0.717) is 12.8 Å². The van der Waals surface area contributed by atoms with Gasteiger partial charge in [-0.3, -0.25) is 0 Å². The standard InChI is InChI=1S/C50H86O7S.Na/c1-3-5-7-9-11-13-15-17-19-21-23-25-27-29-31-33-35-37-39-43-56-49(51)47-42-41-46(58(53,54)55)45-48(47)50(52)57-44-40-38-36-34-32-30-28-26-24-22-20-18-16-14-12-10-8-6-4-2;/h11-14,41-42,45H,3-10,15-40,43-44H2,1-2H3,(H,53,54,55);/q;+1/p-1/b13-11+,14-12+;. The van der Waals surface area contributed by atoms with Crippen LogP contribution in [0.25, 0.3) is 0 Å². The molecule has 0 radical (unpaired) electrons. The SMILES string of the molecule is CCCCC/C=C/CCCCCCCCCCCCCCOC(=O)c1ccc(S(=O)(=O)[O-])cc1C(=O)OCCCCCCCCCCCCCC/C=C/CCCCC.[Na+]. The molecular weight excluding hydrogens is 768 g/mol. The summed E-state index contributed by atoms with van der Waals surface area (Å²) >= 11 is 0. The molecule has 1 rings (SSSR count). The zero-order chi connectivity index (χ0) is 42.2. The van der Waals surface area contributed by atoms with Gasteiger partial charge in [0.2, 0.25) is 0 Å². The van der Waals surface area contributed by atoms with Crippen molar-refractivity contribution in [2.75, 3.05) is 13.2 Å². The molecule has 7 nitrogen and oxygen atoms in total. The van der Waals surface area contributed by atoms with E-state index in [2.05, 4.69) is 38.2 Å². The minimum absolute atomic E-state index is 0. The van der Waals surface area contributed by atoms with Gasteiger partial charge >= 0.3 is 41.5 Å². The summed E-state index contributed by atoms with van der Waals surface area (Å²) in [5.41, 5.74) is -0.334. The topological polar surface area (TPSA) is 110 Å². The van der Waals surface area contributed by atoms with E-state index in [9.17, 15) is 22.6 Å². The van der Waals surface area contributed by atoms with Crippen LogP contribution in [0.4, 0.5) is 0 Å². The van der Waals surface area contributed by atoms with Crippen molar-refractivity contribution in [3.05, 3.63) is 53.6 Å². The number of carbonyl (C=O) groups excluding carboxylic acids is 2. The number of benzene rings is 1. The monoisotopic (exact) mass is 853 g/mol. The van der Waals surface area contributed by atoms with Gasteiger partial charge in [-0.15, -0.1) is 0 Å². The molecule has 0 unspecified atom stereocenters. The maximum atomic E-state index is 13.0. The molecule has 0 atom stereocenters. The third-order valence-corrected chi connectivity index (χ3v) is 11.8. The zero-order valence-electron chi connectivity index (χ0n) is 38.3. The van der Waals surface area contributed by atoms with E-state index < -0.39 is 27.0 Å². The Morgan fingerprint density at radius 3 is 1.07 bits per heavy atom. The van der Waals surface area contributed by atoms with Crippen molar-refractivity contribution in [3.8, 4) is 0 Å². The molecule has 59 heavy (non-hydrogen) atoms. The molecule has 0 bridgehead atoms. The molecule has 0 aliphatic heterocycles. The van der Waals surface area contributed by atoms with E-state index in [0.717, 1.165) is 50.7 Å². The van der Waals surface area contributed by atoms with E-state index in [1.165, 1.54) is 173 Å². The molecule has 0 saturated heterocycles. The summed E-state index contributed by atoms with van der Waals surface area (Å²) in [7, 11) is -4.82. The van der Waals surface area contributed by atoms with Crippen LogP contribution in [-0.2, 0) is 19.6 Å². The largest absolute Gasteiger partial charge is 1.00 e. The van der Waals surface area contributed by atoms with Crippen LogP contribution in [0.3, 0.4) is 0 Å². The zero-order valence-corrected chi connectivity index (χ0v) is 41.1. The fraction of sp³-hybridized carbons (Fsp3) is 0.760. The van der Waals surface area contributed by atoms with Crippen molar-refractivity contribution in [3.63, 3.8) is 0 Å². The smallest absolute Gasteiger partial charge is 0.744 e. The van der Waals surface area contributed by atoms with Gasteiger partial charge in [-0.2, -0.15) is 0 Å². The molecule has 0 aromatic heterocycles. The van der Waals surface area contributed by atoms with Gasteiger partial charge in [0.25, 0.3) is 0 Å². The molecule has 0 amide bonds. The summed E-state index contributed by atoms with van der Waals surface area (Å²) in [5, 5.41) is 0. The second-order valence-electron chi connectivity index (χ2n) is 16.4. The first-order chi connectivity index (χ1) is 28.3. The summed E-state index contributed by atoms with van der Waals surface area (Å²) in [6.45, 7) is 4.86. The number of hydrogen-bond acceptors (Lipinski definition) is 7. The van der Waals surface area contributed by atoms with Crippen molar-refractivity contribution >= 4 is 22.1 Å². The van der Waals surface area contributed by atoms with Crippen LogP contribution in [0.15, 0.2) is 47.4 Å². The summed E-state index contributed by atoms with van der Waals surface area (Å²) in [5.74, 6) is -1.54. The average molecular weight is 853 g/mol. The molecule has 0 aliphatic carbocycles. The van der Waals surface area contributed by atoms with Crippen molar-refractivity contribution in [1.29, 1.82) is 0 Å². The van der Waals surface area contributed by atoms with E-state index in [4.69, 9.17) is 9.47 Å². The number of allylic oxidation sites excluding steroid dienone is 4. The average Bonchev–Trinajstić information content (AvgIpc) is 3.21. The Hall–Kier alpha value is -1.45. The maximum absolute atomic E-state index is 13.0. The fourth-order valence-electron chi connectivity index (χ4n) is 7.27. The van der Waals surface area contributed by atoms with Gasteiger partial charge in [-0.05, 0) is 82.4 Å². The number of ether oxygens (including phenoxy) is 2. The van der Waals surface area contributed by atoms with E-state index in [-0.39, 0.29) is 53.9 Å². The first-order valence-corrected chi connectivity index (χ1v) is 25.5. The third kappa shape index (κ3) is 34.8. The fourth-order valence-corrected chi connectivity index (χ4v) is 7.77. The van der Waals surface area contributed by atoms with E-state index in [1.807, 2.05) is 0 Å². The van der Waals surface area contributed by atoms with Crippen LogP contribution in [-0.4, -0.2) is 38.1 Å². The van der Waals surface area contributed by atoms with Gasteiger partial charge < -0.3 is 14.0 Å². The molecule has 0 fully saturated rings. The quantitative estimate of drug-likeness (QED) is 0.0212. The number of unbranched alkanes of at least 4 members (excludes halogenated alkanes) is 30. The van der Waals surface area contributed by atoms with Crippen molar-refractivity contribution in [1.82, 2.24) is 0 Å². The molecule has 0 saturated carbocycles. The Kier molecular flexibility index (Phi) is 40.9. The maximum Gasteiger partial charge on any atom is 1.00 e. The van der Waals surface area contributed by atoms with Crippen molar-refractivity contribution in [2.24, 2.45) is 0 Å². The Morgan fingerprint density at radius 1 is 0.458 bits per heavy atom. The van der Waals surface area contributed by atoms with Gasteiger partial charge in [0, 0.05) is 0 Å². The molecule has 334 valence electrons. The normalized spacial score (nSPS) is 11.7. The minimum atomic E-state index is -4.82. The molecule has 9 heteroatoms. The summed E-state index contributed by atoms with van der Waals surface area (Å²) < 4.78 is 45.9. The second-order valence-corrected chi connectivity index (χ2v) is 17.8. The van der Waals surface area contributed by atoms with Crippen LogP contribution < -0.4 is 29.6 Å². The number of carbonyl (C=O) groups is 2. The second kappa shape index (κ2) is 41.9. The number of esters is 2. The summed E-state index contributed by atoms with van der Waals surface area (Å²) in [6, 6.07) is 3.15. The van der Waals surface area contributed by atoms with Crippen molar-refractivity contribution < 1.29 is 61.6 Å².